The molecule has 1 N–H and O–H groups in total. The molecule has 0 aliphatic carbocycles. The number of rotatable bonds is 6. The normalized spacial score (nSPS) is 20.7. The minimum atomic E-state index is -0.284. The predicted octanol–water partition coefficient (Wildman–Crippen LogP) is 2.32. The molecule has 25 heavy (non-hydrogen) atoms. The van der Waals surface area contributed by atoms with Gasteiger partial charge in [0.2, 0.25) is 11.8 Å². The van der Waals surface area contributed by atoms with Gasteiger partial charge in [-0.05, 0) is 32.4 Å². The summed E-state index contributed by atoms with van der Waals surface area (Å²) in [7, 11) is 0. The molecule has 0 amide bonds. The third-order valence-corrected chi connectivity index (χ3v) is 4.78. The second kappa shape index (κ2) is 8.08. The van der Waals surface area contributed by atoms with Crippen molar-refractivity contribution in [2.45, 2.75) is 45.9 Å². The highest BCUT2D eigenvalue weighted by Crippen LogP contribution is 2.20. The summed E-state index contributed by atoms with van der Waals surface area (Å²) in [5.74, 6) is 1.24. The van der Waals surface area contributed by atoms with Crippen molar-refractivity contribution >= 4 is 0 Å². The Bertz CT molecular complexity index is 668. The molecule has 1 aliphatic rings. The molecule has 0 unspecified atom stereocenters. The number of aryl methyl sites for hydroxylation is 1. The van der Waals surface area contributed by atoms with E-state index in [2.05, 4.69) is 33.8 Å². The van der Waals surface area contributed by atoms with Crippen LogP contribution in [0.5, 0.6) is 0 Å². The summed E-state index contributed by atoms with van der Waals surface area (Å²) < 4.78 is 5.86. The summed E-state index contributed by atoms with van der Waals surface area (Å²) in [5.41, 5.74) is 2.17. The Labute approximate surface area is 149 Å². The number of β-amino-alcohol motifs (C(OH)–C–C–N with tert-alkyl or cyclic N) is 1. The van der Waals surface area contributed by atoms with Gasteiger partial charge in [0.15, 0.2) is 0 Å². The van der Waals surface area contributed by atoms with Crippen molar-refractivity contribution in [2.24, 2.45) is 0 Å². The Morgan fingerprint density at radius 1 is 1.24 bits per heavy atom. The molecule has 6 heteroatoms. The Morgan fingerprint density at radius 2 is 2.00 bits per heavy atom. The van der Waals surface area contributed by atoms with Crippen molar-refractivity contribution < 1.29 is 9.52 Å². The maximum atomic E-state index is 9.66. The lowest BCUT2D eigenvalue weighted by atomic mass is 10.1. The van der Waals surface area contributed by atoms with Crippen LogP contribution in [-0.2, 0) is 6.54 Å². The highest BCUT2D eigenvalue weighted by Gasteiger charge is 2.27. The largest absolute Gasteiger partial charge is 0.419 e. The van der Waals surface area contributed by atoms with Gasteiger partial charge in [0.1, 0.15) is 0 Å². The molecule has 0 radical (unpaired) electrons. The summed E-state index contributed by atoms with van der Waals surface area (Å²) in [4.78, 5) is 4.74. The van der Waals surface area contributed by atoms with Crippen LogP contribution in [0.3, 0.4) is 0 Å². The summed E-state index contributed by atoms with van der Waals surface area (Å²) in [6.45, 7) is 10.4. The molecular formula is C19H28N4O2. The van der Waals surface area contributed by atoms with Crippen LogP contribution in [0.1, 0.15) is 31.7 Å². The average molecular weight is 344 g/mol. The molecule has 1 fully saturated rings. The number of benzene rings is 1. The highest BCUT2D eigenvalue weighted by atomic mass is 16.4. The molecule has 0 spiro atoms. The number of piperazine rings is 1. The van der Waals surface area contributed by atoms with Crippen LogP contribution in [0.15, 0.2) is 28.7 Å². The van der Waals surface area contributed by atoms with Crippen LogP contribution in [-0.4, -0.2) is 63.4 Å². The van der Waals surface area contributed by atoms with E-state index in [0.717, 1.165) is 38.2 Å². The van der Waals surface area contributed by atoms with E-state index in [1.54, 1.807) is 0 Å². The summed E-state index contributed by atoms with van der Waals surface area (Å²) >= 11 is 0. The molecule has 2 heterocycles. The summed E-state index contributed by atoms with van der Waals surface area (Å²) in [6, 6.07) is 8.57. The van der Waals surface area contributed by atoms with Gasteiger partial charge in [0.25, 0.3) is 0 Å². The Balaban J connectivity index is 1.61. The first-order chi connectivity index (χ1) is 12.0. The van der Waals surface area contributed by atoms with Crippen LogP contribution in [0.25, 0.3) is 11.5 Å². The zero-order valence-electron chi connectivity index (χ0n) is 15.4. The average Bonchev–Trinajstić information content (AvgIpc) is 3.05. The molecule has 2 atom stereocenters. The smallest absolute Gasteiger partial charge is 0.247 e. The fourth-order valence-corrected chi connectivity index (χ4v) is 3.39. The number of hydrogen-bond donors (Lipinski definition) is 1. The molecule has 0 saturated carbocycles. The van der Waals surface area contributed by atoms with Gasteiger partial charge in [-0.3, -0.25) is 9.80 Å². The van der Waals surface area contributed by atoms with E-state index < -0.39 is 0 Å². The van der Waals surface area contributed by atoms with Crippen molar-refractivity contribution in [1.29, 1.82) is 0 Å². The monoisotopic (exact) mass is 344 g/mol. The Morgan fingerprint density at radius 3 is 2.68 bits per heavy atom. The first kappa shape index (κ1) is 18.0. The van der Waals surface area contributed by atoms with E-state index in [1.807, 2.05) is 31.2 Å². The Hall–Kier alpha value is -1.76. The summed E-state index contributed by atoms with van der Waals surface area (Å²) in [6.07, 6.45) is 0.787. The van der Waals surface area contributed by atoms with Gasteiger partial charge in [-0.15, -0.1) is 10.2 Å². The van der Waals surface area contributed by atoms with Crippen molar-refractivity contribution in [3.8, 4) is 11.5 Å². The van der Waals surface area contributed by atoms with Crippen LogP contribution < -0.4 is 0 Å². The predicted molar refractivity (Wildman–Crippen MR) is 97.1 cm³/mol. The summed E-state index contributed by atoms with van der Waals surface area (Å²) in [5, 5.41) is 18.1. The fraction of sp³-hybridized carbons (Fsp3) is 0.579. The van der Waals surface area contributed by atoms with Crippen LogP contribution in [0.4, 0.5) is 0 Å². The van der Waals surface area contributed by atoms with Crippen molar-refractivity contribution in [3.05, 3.63) is 35.7 Å². The van der Waals surface area contributed by atoms with Gasteiger partial charge >= 0.3 is 0 Å². The number of aromatic nitrogens is 2. The number of aliphatic hydroxyl groups excluding tert-OH is 1. The van der Waals surface area contributed by atoms with Gasteiger partial charge in [-0.25, -0.2) is 0 Å². The molecule has 3 rings (SSSR count). The van der Waals surface area contributed by atoms with E-state index in [1.165, 1.54) is 5.56 Å². The van der Waals surface area contributed by atoms with E-state index in [0.29, 0.717) is 24.4 Å². The van der Waals surface area contributed by atoms with E-state index in [-0.39, 0.29) is 6.10 Å². The van der Waals surface area contributed by atoms with E-state index in [4.69, 9.17) is 4.42 Å². The van der Waals surface area contributed by atoms with Crippen LogP contribution in [0, 0.1) is 6.92 Å². The van der Waals surface area contributed by atoms with Gasteiger partial charge in [-0.2, -0.15) is 0 Å². The SMILES string of the molecule is CC[C@H]1CN(Cc2nnc(-c3ccc(C)cc3)o2)CCN1C[C@@H](C)O. The first-order valence-electron chi connectivity index (χ1n) is 9.09. The molecule has 0 bridgehead atoms. The second-order valence-corrected chi connectivity index (χ2v) is 7.01. The lowest BCUT2D eigenvalue weighted by Gasteiger charge is -2.41. The number of hydrogen-bond acceptors (Lipinski definition) is 6. The maximum absolute atomic E-state index is 9.66. The van der Waals surface area contributed by atoms with Gasteiger partial charge in [-0.1, -0.05) is 24.6 Å². The Kier molecular flexibility index (Phi) is 5.83. The van der Waals surface area contributed by atoms with Crippen molar-refractivity contribution in [1.82, 2.24) is 20.0 Å². The minimum Gasteiger partial charge on any atom is -0.419 e. The van der Waals surface area contributed by atoms with Crippen LogP contribution in [0.2, 0.25) is 0 Å². The van der Waals surface area contributed by atoms with Gasteiger partial charge in [0.05, 0.1) is 12.6 Å². The second-order valence-electron chi connectivity index (χ2n) is 7.01. The molecule has 1 aromatic carbocycles. The van der Waals surface area contributed by atoms with Gasteiger partial charge < -0.3 is 9.52 Å². The van der Waals surface area contributed by atoms with E-state index in [9.17, 15) is 5.11 Å². The van der Waals surface area contributed by atoms with E-state index >= 15 is 0 Å². The molecule has 1 aliphatic heterocycles. The minimum absolute atomic E-state index is 0.284. The lowest BCUT2D eigenvalue weighted by Crippen LogP contribution is -2.54. The zero-order valence-corrected chi connectivity index (χ0v) is 15.4. The highest BCUT2D eigenvalue weighted by molar-refractivity contribution is 5.52. The third-order valence-electron chi connectivity index (χ3n) is 4.78. The van der Waals surface area contributed by atoms with Crippen LogP contribution >= 0.6 is 0 Å². The zero-order chi connectivity index (χ0) is 17.8. The molecule has 1 aromatic heterocycles. The molecule has 136 valence electrons. The molecule has 2 aromatic rings. The van der Waals surface area contributed by atoms with Crippen molar-refractivity contribution in [2.75, 3.05) is 26.2 Å². The first-order valence-corrected chi connectivity index (χ1v) is 9.09. The standard InChI is InChI=1S/C19H28N4O2/c1-4-17-12-22(9-10-23(17)11-15(3)24)13-18-20-21-19(25-18)16-7-5-14(2)6-8-16/h5-8,15,17,24H,4,9-13H2,1-3H3/t15-,17+/m1/s1. The third kappa shape index (κ3) is 4.66. The molecule has 6 nitrogen and oxygen atoms in total. The van der Waals surface area contributed by atoms with Gasteiger partial charge in [0, 0.05) is 37.8 Å². The molecule has 1 saturated heterocycles. The fourth-order valence-electron chi connectivity index (χ4n) is 3.39. The molecular weight excluding hydrogens is 316 g/mol. The number of nitrogens with zero attached hydrogens (tertiary/aromatic N) is 4. The lowest BCUT2D eigenvalue weighted by molar-refractivity contribution is 0.0309. The topological polar surface area (TPSA) is 65.6 Å². The maximum Gasteiger partial charge on any atom is 0.247 e. The van der Waals surface area contributed by atoms with Crippen molar-refractivity contribution in [3.63, 3.8) is 0 Å². The quantitative estimate of drug-likeness (QED) is 0.867. The number of aliphatic hydroxyl groups is 1.